The van der Waals surface area contributed by atoms with Gasteiger partial charge in [0.25, 0.3) is 0 Å². The fraction of sp³-hybridized carbons (Fsp3) is 0.385. The van der Waals surface area contributed by atoms with Crippen LogP contribution in [0.15, 0.2) is 24.3 Å². The van der Waals surface area contributed by atoms with E-state index in [1.54, 1.807) is 24.3 Å². The molecule has 1 atom stereocenters. The van der Waals surface area contributed by atoms with Crippen molar-refractivity contribution in [2.75, 3.05) is 25.0 Å². The number of benzene rings is 1. The third-order valence-electron chi connectivity index (χ3n) is 2.85. The van der Waals surface area contributed by atoms with E-state index in [0.29, 0.717) is 23.8 Å². The second kappa shape index (κ2) is 6.03. The van der Waals surface area contributed by atoms with E-state index in [0.717, 1.165) is 19.5 Å². The zero-order chi connectivity index (χ0) is 12.8. The summed E-state index contributed by atoms with van der Waals surface area (Å²) in [7, 11) is 0. The molecule has 1 unspecified atom stereocenters. The Morgan fingerprint density at radius 3 is 3.22 bits per heavy atom. The Morgan fingerprint density at radius 2 is 2.50 bits per heavy atom. The van der Waals surface area contributed by atoms with E-state index in [4.69, 9.17) is 10.00 Å². The van der Waals surface area contributed by atoms with E-state index in [-0.39, 0.29) is 0 Å². The van der Waals surface area contributed by atoms with Gasteiger partial charge in [-0.05, 0) is 31.2 Å². The van der Waals surface area contributed by atoms with Crippen molar-refractivity contribution >= 4 is 11.8 Å². The summed E-state index contributed by atoms with van der Waals surface area (Å²) < 4.78 is 5.13. The monoisotopic (exact) mass is 245 g/mol. The first-order valence-corrected chi connectivity index (χ1v) is 5.92. The normalized spacial score (nSPS) is 18.1. The van der Waals surface area contributed by atoms with Crippen molar-refractivity contribution in [3.63, 3.8) is 0 Å². The number of nitriles is 1. The van der Waals surface area contributed by atoms with E-state index in [1.807, 2.05) is 6.07 Å². The zero-order valence-electron chi connectivity index (χ0n) is 9.98. The molecule has 94 valence electrons. The number of nitrogens with zero attached hydrogens (tertiary/aromatic N) is 1. The van der Waals surface area contributed by atoms with Crippen LogP contribution < -0.4 is 10.6 Å². The van der Waals surface area contributed by atoms with E-state index >= 15 is 0 Å². The van der Waals surface area contributed by atoms with Gasteiger partial charge in [-0.1, -0.05) is 6.07 Å². The average Bonchev–Trinajstić information content (AvgIpc) is 2.90. The molecule has 1 saturated heterocycles. The van der Waals surface area contributed by atoms with Gasteiger partial charge in [-0.15, -0.1) is 0 Å². The van der Waals surface area contributed by atoms with Crippen molar-refractivity contribution in [2.45, 2.75) is 6.42 Å². The largest absolute Gasteiger partial charge is 0.449 e. The maximum absolute atomic E-state index is 11.5. The highest BCUT2D eigenvalue weighted by atomic mass is 16.5. The predicted molar refractivity (Wildman–Crippen MR) is 67.1 cm³/mol. The summed E-state index contributed by atoms with van der Waals surface area (Å²) in [6.07, 6.45) is 0.564. The quantitative estimate of drug-likeness (QED) is 0.850. The van der Waals surface area contributed by atoms with Crippen LogP contribution in [-0.4, -0.2) is 25.8 Å². The molecular weight excluding hydrogens is 230 g/mol. The predicted octanol–water partition coefficient (Wildman–Crippen LogP) is 1.72. The zero-order valence-corrected chi connectivity index (χ0v) is 9.98. The summed E-state index contributed by atoms with van der Waals surface area (Å²) in [6, 6.07) is 8.75. The van der Waals surface area contributed by atoms with Crippen LogP contribution in [0.4, 0.5) is 10.5 Å². The fourth-order valence-electron chi connectivity index (χ4n) is 1.87. The van der Waals surface area contributed by atoms with Crippen LogP contribution in [0.25, 0.3) is 0 Å². The SMILES string of the molecule is N#Cc1cccc(NC(=O)OCC2CCNC2)c1. The first kappa shape index (κ1) is 12.4. The van der Waals surface area contributed by atoms with Crippen LogP contribution in [0.2, 0.25) is 0 Å². The second-order valence-electron chi connectivity index (χ2n) is 4.27. The number of anilines is 1. The van der Waals surface area contributed by atoms with Gasteiger partial charge < -0.3 is 10.1 Å². The Morgan fingerprint density at radius 1 is 1.61 bits per heavy atom. The van der Waals surface area contributed by atoms with Gasteiger partial charge in [-0.25, -0.2) is 4.79 Å². The first-order chi connectivity index (χ1) is 8.78. The summed E-state index contributed by atoms with van der Waals surface area (Å²) in [6.45, 7) is 2.31. The lowest BCUT2D eigenvalue weighted by atomic mass is 10.1. The number of carbonyl (C=O) groups is 1. The minimum absolute atomic E-state index is 0.404. The molecule has 1 fully saturated rings. The Hall–Kier alpha value is -2.06. The maximum atomic E-state index is 11.5. The number of carbonyl (C=O) groups excluding carboxylic acids is 1. The molecule has 1 amide bonds. The van der Waals surface area contributed by atoms with Crippen LogP contribution in [-0.2, 0) is 4.74 Å². The Labute approximate surface area is 106 Å². The van der Waals surface area contributed by atoms with Gasteiger partial charge in [0.1, 0.15) is 0 Å². The molecule has 1 aromatic carbocycles. The molecule has 1 aromatic rings. The van der Waals surface area contributed by atoms with Crippen LogP contribution in [0.1, 0.15) is 12.0 Å². The molecule has 5 heteroatoms. The number of ether oxygens (including phenoxy) is 1. The molecule has 1 heterocycles. The van der Waals surface area contributed by atoms with Crippen LogP contribution in [0.5, 0.6) is 0 Å². The van der Waals surface area contributed by atoms with E-state index in [2.05, 4.69) is 10.6 Å². The molecule has 0 spiro atoms. The average molecular weight is 245 g/mol. The third-order valence-corrected chi connectivity index (χ3v) is 2.85. The molecule has 0 radical (unpaired) electrons. The van der Waals surface area contributed by atoms with Gasteiger partial charge >= 0.3 is 6.09 Å². The Bertz CT molecular complexity index is 462. The van der Waals surface area contributed by atoms with Crippen molar-refractivity contribution in [2.24, 2.45) is 5.92 Å². The second-order valence-corrected chi connectivity index (χ2v) is 4.27. The maximum Gasteiger partial charge on any atom is 0.411 e. The number of amides is 1. The van der Waals surface area contributed by atoms with Crippen molar-refractivity contribution in [3.8, 4) is 6.07 Å². The highest BCUT2D eigenvalue weighted by Crippen LogP contribution is 2.11. The molecule has 0 bridgehead atoms. The van der Waals surface area contributed by atoms with Crippen molar-refractivity contribution in [1.82, 2.24) is 5.32 Å². The van der Waals surface area contributed by atoms with Crippen molar-refractivity contribution < 1.29 is 9.53 Å². The molecular formula is C13H15N3O2. The molecule has 1 aliphatic rings. The topological polar surface area (TPSA) is 74.2 Å². The van der Waals surface area contributed by atoms with Gasteiger partial charge in [-0.2, -0.15) is 5.26 Å². The van der Waals surface area contributed by atoms with E-state index < -0.39 is 6.09 Å². The van der Waals surface area contributed by atoms with E-state index in [9.17, 15) is 4.79 Å². The molecule has 0 aromatic heterocycles. The molecule has 5 nitrogen and oxygen atoms in total. The van der Waals surface area contributed by atoms with E-state index in [1.165, 1.54) is 0 Å². The summed E-state index contributed by atoms with van der Waals surface area (Å²) >= 11 is 0. The summed E-state index contributed by atoms with van der Waals surface area (Å²) in [4.78, 5) is 11.5. The lowest BCUT2D eigenvalue weighted by Crippen LogP contribution is -2.20. The lowest BCUT2D eigenvalue weighted by Gasteiger charge is -2.10. The molecule has 2 rings (SSSR count). The minimum atomic E-state index is -0.475. The van der Waals surface area contributed by atoms with Gasteiger partial charge in [0.2, 0.25) is 0 Å². The lowest BCUT2D eigenvalue weighted by molar-refractivity contribution is 0.144. The highest BCUT2D eigenvalue weighted by Gasteiger charge is 2.16. The molecule has 2 N–H and O–H groups in total. The van der Waals surface area contributed by atoms with Crippen LogP contribution >= 0.6 is 0 Å². The molecule has 0 aliphatic carbocycles. The number of nitrogens with one attached hydrogen (secondary N) is 2. The molecule has 1 aliphatic heterocycles. The molecule has 0 saturated carbocycles. The van der Waals surface area contributed by atoms with Crippen LogP contribution in [0, 0.1) is 17.2 Å². The van der Waals surface area contributed by atoms with Gasteiger partial charge in [0.15, 0.2) is 0 Å². The first-order valence-electron chi connectivity index (χ1n) is 5.92. The summed E-state index contributed by atoms with van der Waals surface area (Å²) in [5.41, 5.74) is 1.08. The standard InChI is InChI=1S/C13H15N3O2/c14-7-10-2-1-3-12(6-10)16-13(17)18-9-11-4-5-15-8-11/h1-3,6,11,15H,4-5,8-9H2,(H,16,17). The Balaban J connectivity index is 1.81. The number of hydrogen-bond acceptors (Lipinski definition) is 4. The summed E-state index contributed by atoms with van der Waals surface area (Å²) in [5, 5.41) is 14.6. The molecule has 18 heavy (non-hydrogen) atoms. The third kappa shape index (κ3) is 3.47. The Kier molecular flexibility index (Phi) is 4.15. The highest BCUT2D eigenvalue weighted by molar-refractivity contribution is 5.84. The fourth-order valence-corrected chi connectivity index (χ4v) is 1.87. The van der Waals surface area contributed by atoms with Crippen molar-refractivity contribution in [3.05, 3.63) is 29.8 Å². The summed E-state index contributed by atoms with van der Waals surface area (Å²) in [5.74, 6) is 0.404. The van der Waals surface area contributed by atoms with Gasteiger partial charge in [0.05, 0.1) is 18.2 Å². The number of hydrogen-bond donors (Lipinski definition) is 2. The van der Waals surface area contributed by atoms with Crippen LogP contribution in [0.3, 0.4) is 0 Å². The smallest absolute Gasteiger partial charge is 0.411 e. The van der Waals surface area contributed by atoms with Gasteiger partial charge in [-0.3, -0.25) is 5.32 Å². The minimum Gasteiger partial charge on any atom is -0.449 e. The number of rotatable bonds is 3. The van der Waals surface area contributed by atoms with Gasteiger partial charge in [0, 0.05) is 18.2 Å². The van der Waals surface area contributed by atoms with Crippen molar-refractivity contribution in [1.29, 1.82) is 5.26 Å².